The van der Waals surface area contributed by atoms with E-state index in [0.717, 1.165) is 37.1 Å². The number of hydrogen-bond acceptors (Lipinski definition) is 1. The van der Waals surface area contributed by atoms with Gasteiger partial charge in [-0.05, 0) is 42.2 Å². The molecule has 0 fully saturated rings. The molecule has 0 bridgehead atoms. The van der Waals surface area contributed by atoms with Gasteiger partial charge >= 0.3 is 0 Å². The van der Waals surface area contributed by atoms with Crippen molar-refractivity contribution in [1.82, 2.24) is 9.47 Å². The fraction of sp³-hybridized carbons (Fsp3) is 0.500. The lowest BCUT2D eigenvalue weighted by atomic mass is 10.1. The van der Waals surface area contributed by atoms with Gasteiger partial charge in [-0.3, -0.25) is 4.79 Å². The van der Waals surface area contributed by atoms with E-state index in [0.29, 0.717) is 25.4 Å². The number of aromatic nitrogens is 1. The van der Waals surface area contributed by atoms with Crippen LogP contribution in [0.4, 0.5) is 4.39 Å². The number of nitrogens with zero attached hydrogens (tertiary/aromatic N) is 2. The van der Waals surface area contributed by atoms with Gasteiger partial charge in [0.25, 0.3) is 0 Å². The zero-order valence-corrected chi connectivity index (χ0v) is 16.2. The minimum absolute atomic E-state index is 0.219. The lowest BCUT2D eigenvalue weighted by molar-refractivity contribution is -0.132. The second-order valence-electron chi connectivity index (χ2n) is 7.38. The molecule has 2 rings (SSSR count). The summed E-state index contributed by atoms with van der Waals surface area (Å²) in [6, 6.07) is 10.7. The number of halogens is 1. The van der Waals surface area contributed by atoms with Gasteiger partial charge in [0, 0.05) is 31.4 Å². The third kappa shape index (κ3) is 6.32. The molecule has 0 N–H and O–H groups in total. The molecule has 0 spiro atoms. The molecule has 0 radical (unpaired) electrons. The zero-order chi connectivity index (χ0) is 18.9. The van der Waals surface area contributed by atoms with Gasteiger partial charge in [-0.1, -0.05) is 45.7 Å². The van der Waals surface area contributed by atoms with E-state index in [1.807, 2.05) is 29.3 Å². The van der Waals surface area contributed by atoms with Gasteiger partial charge in [0.2, 0.25) is 5.91 Å². The Balaban J connectivity index is 2.08. The molecule has 0 aliphatic carbocycles. The number of amides is 1. The first-order valence-corrected chi connectivity index (χ1v) is 9.65. The molecule has 1 aromatic heterocycles. The van der Waals surface area contributed by atoms with Gasteiger partial charge in [-0.2, -0.15) is 0 Å². The Morgan fingerprint density at radius 2 is 2.00 bits per heavy atom. The first-order valence-electron chi connectivity index (χ1n) is 9.65. The largest absolute Gasteiger partial charge is 0.345 e. The van der Waals surface area contributed by atoms with Gasteiger partial charge in [0.1, 0.15) is 5.82 Å². The first kappa shape index (κ1) is 20.2. The van der Waals surface area contributed by atoms with Crippen molar-refractivity contribution in [3.05, 3.63) is 59.7 Å². The third-order valence-corrected chi connectivity index (χ3v) is 4.45. The molecule has 1 amide bonds. The molecule has 0 saturated heterocycles. The summed E-state index contributed by atoms with van der Waals surface area (Å²) in [4.78, 5) is 14.6. The smallest absolute Gasteiger partial charge is 0.222 e. The molecule has 2 aromatic rings. The van der Waals surface area contributed by atoms with Crippen LogP contribution >= 0.6 is 0 Å². The van der Waals surface area contributed by atoms with Gasteiger partial charge in [-0.25, -0.2) is 4.39 Å². The van der Waals surface area contributed by atoms with E-state index in [2.05, 4.69) is 25.3 Å². The van der Waals surface area contributed by atoms with Crippen LogP contribution in [0.2, 0.25) is 0 Å². The molecule has 0 unspecified atom stereocenters. The highest BCUT2D eigenvalue weighted by molar-refractivity contribution is 5.76. The highest BCUT2D eigenvalue weighted by Gasteiger charge is 2.16. The minimum Gasteiger partial charge on any atom is -0.345 e. The molecule has 26 heavy (non-hydrogen) atoms. The Morgan fingerprint density at radius 3 is 2.69 bits per heavy atom. The quantitative estimate of drug-likeness (QED) is 0.533. The summed E-state index contributed by atoms with van der Waals surface area (Å²) in [5.41, 5.74) is 2.01. The van der Waals surface area contributed by atoms with Crippen molar-refractivity contribution in [1.29, 1.82) is 0 Å². The van der Waals surface area contributed by atoms with Crippen LogP contribution in [0.15, 0.2) is 42.6 Å². The Morgan fingerprint density at radius 1 is 1.19 bits per heavy atom. The van der Waals surface area contributed by atoms with Gasteiger partial charge in [0.15, 0.2) is 0 Å². The molecule has 1 heterocycles. The van der Waals surface area contributed by atoms with Gasteiger partial charge < -0.3 is 9.47 Å². The Bertz CT molecular complexity index is 693. The molecular weight excluding hydrogens is 327 g/mol. The van der Waals surface area contributed by atoms with Crippen molar-refractivity contribution >= 4 is 5.91 Å². The van der Waals surface area contributed by atoms with Crippen LogP contribution in [0.1, 0.15) is 57.7 Å². The van der Waals surface area contributed by atoms with Gasteiger partial charge in [0.05, 0.1) is 6.54 Å². The molecule has 0 atom stereocenters. The SMILES string of the molecule is CCCCCC(=O)N(Cc1cccn1Cc1cccc(F)c1)CC(C)C. The lowest BCUT2D eigenvalue weighted by Crippen LogP contribution is -2.34. The molecule has 0 aliphatic heterocycles. The van der Waals surface area contributed by atoms with Gasteiger partial charge in [-0.15, -0.1) is 0 Å². The van der Waals surface area contributed by atoms with Crippen LogP contribution < -0.4 is 0 Å². The van der Waals surface area contributed by atoms with E-state index in [-0.39, 0.29) is 11.7 Å². The summed E-state index contributed by atoms with van der Waals surface area (Å²) < 4.78 is 15.5. The number of rotatable bonds is 10. The van der Waals surface area contributed by atoms with E-state index in [9.17, 15) is 9.18 Å². The normalized spacial score (nSPS) is 11.1. The molecule has 0 saturated carbocycles. The zero-order valence-electron chi connectivity index (χ0n) is 16.2. The summed E-state index contributed by atoms with van der Waals surface area (Å²) in [7, 11) is 0. The van der Waals surface area contributed by atoms with Crippen LogP contribution in [0, 0.1) is 11.7 Å². The predicted molar refractivity (Wildman–Crippen MR) is 104 cm³/mol. The number of carbonyl (C=O) groups excluding carboxylic acids is 1. The third-order valence-electron chi connectivity index (χ3n) is 4.45. The highest BCUT2D eigenvalue weighted by atomic mass is 19.1. The van der Waals surface area contributed by atoms with Crippen molar-refractivity contribution in [2.24, 2.45) is 5.92 Å². The maximum atomic E-state index is 13.4. The van der Waals surface area contributed by atoms with Crippen molar-refractivity contribution in [3.8, 4) is 0 Å². The van der Waals surface area contributed by atoms with E-state index >= 15 is 0 Å². The van der Waals surface area contributed by atoms with E-state index in [4.69, 9.17) is 0 Å². The number of unbranched alkanes of at least 4 members (excludes halogenated alkanes) is 2. The number of carbonyl (C=O) groups is 1. The van der Waals surface area contributed by atoms with E-state index < -0.39 is 0 Å². The Hall–Kier alpha value is -2.10. The molecule has 4 heteroatoms. The van der Waals surface area contributed by atoms with Crippen molar-refractivity contribution in [2.75, 3.05) is 6.54 Å². The fourth-order valence-electron chi connectivity index (χ4n) is 3.15. The van der Waals surface area contributed by atoms with E-state index in [1.165, 1.54) is 6.07 Å². The van der Waals surface area contributed by atoms with Crippen LogP contribution in [0.25, 0.3) is 0 Å². The second kappa shape index (κ2) is 10.1. The fourth-order valence-corrected chi connectivity index (χ4v) is 3.15. The summed E-state index contributed by atoms with van der Waals surface area (Å²) >= 11 is 0. The topological polar surface area (TPSA) is 25.2 Å². The standard InChI is InChI=1S/C22H31FN2O/c1-4-5-6-12-22(26)25(15-18(2)3)17-21-11-8-13-24(21)16-19-9-7-10-20(23)14-19/h7-11,13-14,18H,4-6,12,15-17H2,1-3H3. The number of benzene rings is 1. The van der Waals surface area contributed by atoms with Crippen molar-refractivity contribution in [3.63, 3.8) is 0 Å². The molecular formula is C22H31FN2O. The molecule has 0 aliphatic rings. The summed E-state index contributed by atoms with van der Waals surface area (Å²) in [5, 5.41) is 0. The van der Waals surface area contributed by atoms with Crippen LogP contribution in [0.5, 0.6) is 0 Å². The minimum atomic E-state index is -0.219. The van der Waals surface area contributed by atoms with Crippen LogP contribution in [0.3, 0.4) is 0 Å². The molecule has 3 nitrogen and oxygen atoms in total. The maximum absolute atomic E-state index is 13.4. The first-order chi connectivity index (χ1) is 12.5. The predicted octanol–water partition coefficient (Wildman–Crippen LogP) is 5.24. The average molecular weight is 359 g/mol. The average Bonchev–Trinajstić information content (AvgIpc) is 3.01. The van der Waals surface area contributed by atoms with Crippen molar-refractivity contribution < 1.29 is 9.18 Å². The highest BCUT2D eigenvalue weighted by Crippen LogP contribution is 2.14. The van der Waals surface area contributed by atoms with Crippen molar-refractivity contribution in [2.45, 2.75) is 59.5 Å². The second-order valence-corrected chi connectivity index (χ2v) is 7.38. The van der Waals surface area contributed by atoms with Crippen LogP contribution in [-0.4, -0.2) is 21.9 Å². The Kier molecular flexibility index (Phi) is 7.89. The lowest BCUT2D eigenvalue weighted by Gasteiger charge is -2.25. The van der Waals surface area contributed by atoms with E-state index in [1.54, 1.807) is 12.1 Å². The monoisotopic (exact) mass is 358 g/mol. The summed E-state index contributed by atoms with van der Waals surface area (Å²) in [6.07, 6.45) is 5.78. The summed E-state index contributed by atoms with van der Waals surface area (Å²) in [5.74, 6) is 0.436. The van der Waals surface area contributed by atoms with Crippen LogP contribution in [-0.2, 0) is 17.9 Å². The molecule has 1 aromatic carbocycles. The number of hydrogen-bond donors (Lipinski definition) is 0. The maximum Gasteiger partial charge on any atom is 0.222 e. The Labute approximate surface area is 156 Å². The molecule has 142 valence electrons. The summed E-state index contributed by atoms with van der Waals surface area (Å²) in [6.45, 7) is 8.40.